The molecule has 1 amide bonds. The molecule has 0 aromatic carbocycles. The first-order valence-corrected chi connectivity index (χ1v) is 6.85. The average Bonchev–Trinajstić information content (AvgIpc) is 2.26. The maximum Gasteiger partial charge on any atom is 0.410 e. The first-order valence-electron chi connectivity index (χ1n) is 6.85. The Balaban J connectivity index is 2.42. The van der Waals surface area contributed by atoms with Gasteiger partial charge in [0.2, 0.25) is 0 Å². The maximum atomic E-state index is 11.9. The van der Waals surface area contributed by atoms with Gasteiger partial charge in [-0.25, -0.2) is 4.79 Å². The maximum absolute atomic E-state index is 11.9. The topological polar surface area (TPSA) is 32.8 Å². The van der Waals surface area contributed by atoms with E-state index in [4.69, 9.17) is 4.74 Å². The Labute approximate surface area is 111 Å². The fraction of sp³-hybridized carbons (Fsp3) is 0.929. The summed E-state index contributed by atoms with van der Waals surface area (Å²) >= 11 is 0. The van der Waals surface area contributed by atoms with Crippen LogP contribution in [0, 0.1) is 5.92 Å². The van der Waals surface area contributed by atoms with Gasteiger partial charge in [-0.3, -0.25) is 0 Å². The van der Waals surface area contributed by atoms with Crippen molar-refractivity contribution in [3.8, 4) is 0 Å². The first kappa shape index (κ1) is 15.3. The molecule has 0 radical (unpaired) electrons. The number of amides is 1. The molecule has 4 nitrogen and oxygen atoms in total. The number of carbonyl (C=O) groups is 1. The summed E-state index contributed by atoms with van der Waals surface area (Å²) in [5, 5.41) is 0. The number of rotatable bonds is 2. The molecule has 0 bridgehead atoms. The lowest BCUT2D eigenvalue weighted by atomic mass is 9.90. The number of likely N-dealkylation sites (tertiary alicyclic amines) is 1. The Hall–Kier alpha value is -0.770. The molecular formula is C14H28N2O2. The van der Waals surface area contributed by atoms with E-state index in [2.05, 4.69) is 25.9 Å². The van der Waals surface area contributed by atoms with E-state index in [1.165, 1.54) is 0 Å². The van der Waals surface area contributed by atoms with Crippen molar-refractivity contribution in [1.29, 1.82) is 0 Å². The minimum Gasteiger partial charge on any atom is -0.444 e. The Morgan fingerprint density at radius 3 is 2.17 bits per heavy atom. The van der Waals surface area contributed by atoms with Gasteiger partial charge in [0.15, 0.2) is 0 Å². The molecule has 0 N–H and O–H groups in total. The summed E-state index contributed by atoms with van der Waals surface area (Å²) in [4.78, 5) is 16.0. The monoisotopic (exact) mass is 256 g/mol. The van der Waals surface area contributed by atoms with E-state index in [-0.39, 0.29) is 6.09 Å². The SMILES string of the molecule is C[C@@H](C1CCN(C(=O)OC(C)(C)C)CC1)N(C)C. The lowest BCUT2D eigenvalue weighted by Gasteiger charge is -2.37. The Bertz CT molecular complexity index is 276. The van der Waals surface area contributed by atoms with Crippen LogP contribution in [0.25, 0.3) is 0 Å². The molecule has 1 aliphatic heterocycles. The van der Waals surface area contributed by atoms with Crippen molar-refractivity contribution >= 4 is 6.09 Å². The van der Waals surface area contributed by atoms with Gasteiger partial charge in [0.05, 0.1) is 0 Å². The van der Waals surface area contributed by atoms with E-state index in [9.17, 15) is 4.79 Å². The quantitative estimate of drug-likeness (QED) is 0.761. The van der Waals surface area contributed by atoms with Crippen LogP contribution in [0.1, 0.15) is 40.5 Å². The minimum atomic E-state index is -0.398. The molecule has 0 saturated carbocycles. The number of carbonyl (C=O) groups excluding carboxylic acids is 1. The summed E-state index contributed by atoms with van der Waals surface area (Å²) in [6, 6.07) is 0.575. The normalized spacial score (nSPS) is 20.1. The molecule has 0 aromatic rings. The van der Waals surface area contributed by atoms with Crippen LogP contribution in [0.5, 0.6) is 0 Å². The molecule has 0 spiro atoms. The number of nitrogens with zero attached hydrogens (tertiary/aromatic N) is 2. The van der Waals surface area contributed by atoms with E-state index < -0.39 is 5.60 Å². The summed E-state index contributed by atoms with van der Waals surface area (Å²) in [6.45, 7) is 9.62. The molecule has 106 valence electrons. The highest BCUT2D eigenvalue weighted by molar-refractivity contribution is 5.68. The van der Waals surface area contributed by atoms with Gasteiger partial charge in [-0.15, -0.1) is 0 Å². The highest BCUT2D eigenvalue weighted by Crippen LogP contribution is 2.24. The van der Waals surface area contributed by atoms with E-state index >= 15 is 0 Å². The highest BCUT2D eigenvalue weighted by Gasteiger charge is 2.29. The zero-order valence-corrected chi connectivity index (χ0v) is 12.7. The van der Waals surface area contributed by atoms with Crippen LogP contribution in [-0.4, -0.2) is 54.7 Å². The van der Waals surface area contributed by atoms with Crippen molar-refractivity contribution in [3.05, 3.63) is 0 Å². The number of piperidine rings is 1. The van der Waals surface area contributed by atoms with Crippen molar-refractivity contribution in [2.24, 2.45) is 5.92 Å². The van der Waals surface area contributed by atoms with E-state index in [0.717, 1.165) is 25.9 Å². The van der Waals surface area contributed by atoms with Crippen LogP contribution in [0.2, 0.25) is 0 Å². The van der Waals surface area contributed by atoms with E-state index in [1.54, 1.807) is 0 Å². The van der Waals surface area contributed by atoms with Gasteiger partial charge in [-0.05, 0) is 60.5 Å². The summed E-state index contributed by atoms with van der Waals surface area (Å²) in [5.74, 6) is 0.679. The predicted molar refractivity (Wildman–Crippen MR) is 73.7 cm³/mol. The highest BCUT2D eigenvalue weighted by atomic mass is 16.6. The van der Waals surface area contributed by atoms with Gasteiger partial charge in [0.1, 0.15) is 5.60 Å². The van der Waals surface area contributed by atoms with Crippen LogP contribution in [-0.2, 0) is 4.74 Å². The zero-order valence-electron chi connectivity index (χ0n) is 12.7. The summed E-state index contributed by atoms with van der Waals surface area (Å²) in [5.41, 5.74) is -0.398. The zero-order chi connectivity index (χ0) is 13.9. The number of hydrogen-bond acceptors (Lipinski definition) is 3. The molecule has 1 saturated heterocycles. The second kappa shape index (κ2) is 5.91. The molecule has 4 heteroatoms. The Morgan fingerprint density at radius 1 is 1.28 bits per heavy atom. The van der Waals surface area contributed by atoms with Crippen molar-refractivity contribution in [2.45, 2.75) is 52.2 Å². The van der Waals surface area contributed by atoms with Crippen LogP contribution in [0.4, 0.5) is 4.79 Å². The third-order valence-corrected chi connectivity index (χ3v) is 3.69. The van der Waals surface area contributed by atoms with Crippen molar-refractivity contribution < 1.29 is 9.53 Å². The van der Waals surface area contributed by atoms with Crippen LogP contribution in [0.3, 0.4) is 0 Å². The van der Waals surface area contributed by atoms with Crippen molar-refractivity contribution in [2.75, 3.05) is 27.2 Å². The van der Waals surface area contributed by atoms with Gasteiger partial charge < -0.3 is 14.5 Å². The molecule has 1 rings (SSSR count). The molecule has 0 aromatic heterocycles. The third kappa shape index (κ3) is 4.48. The standard InChI is InChI=1S/C14H28N2O2/c1-11(15(5)6)12-7-9-16(10-8-12)13(17)18-14(2,3)4/h11-12H,7-10H2,1-6H3/t11-/m0/s1. The van der Waals surface area contributed by atoms with Crippen LogP contribution >= 0.6 is 0 Å². The number of ether oxygens (including phenoxy) is 1. The lowest BCUT2D eigenvalue weighted by Crippen LogP contribution is -2.45. The summed E-state index contributed by atoms with van der Waals surface area (Å²) < 4.78 is 5.40. The lowest BCUT2D eigenvalue weighted by molar-refractivity contribution is 0.0152. The Morgan fingerprint density at radius 2 is 1.78 bits per heavy atom. The predicted octanol–water partition coefficient (Wildman–Crippen LogP) is 2.58. The molecule has 1 atom stereocenters. The summed E-state index contributed by atoms with van der Waals surface area (Å²) in [6.07, 6.45) is 1.97. The second-order valence-corrected chi connectivity index (χ2v) is 6.51. The van der Waals surface area contributed by atoms with Gasteiger partial charge >= 0.3 is 6.09 Å². The fourth-order valence-corrected chi connectivity index (χ4v) is 2.31. The molecular weight excluding hydrogens is 228 g/mol. The molecule has 0 aliphatic carbocycles. The Kier molecular flexibility index (Phi) is 5.02. The largest absolute Gasteiger partial charge is 0.444 e. The van der Waals surface area contributed by atoms with Gasteiger partial charge in [0, 0.05) is 19.1 Å². The molecule has 1 fully saturated rings. The van der Waals surface area contributed by atoms with Gasteiger partial charge in [-0.1, -0.05) is 0 Å². The fourth-order valence-electron chi connectivity index (χ4n) is 2.31. The van der Waals surface area contributed by atoms with Crippen LogP contribution in [0.15, 0.2) is 0 Å². The average molecular weight is 256 g/mol. The van der Waals surface area contributed by atoms with Gasteiger partial charge in [-0.2, -0.15) is 0 Å². The minimum absolute atomic E-state index is 0.168. The molecule has 1 aliphatic rings. The number of hydrogen-bond donors (Lipinski definition) is 0. The van der Waals surface area contributed by atoms with E-state index in [1.807, 2.05) is 25.7 Å². The van der Waals surface area contributed by atoms with Crippen molar-refractivity contribution in [3.63, 3.8) is 0 Å². The van der Waals surface area contributed by atoms with Gasteiger partial charge in [0.25, 0.3) is 0 Å². The molecule has 1 heterocycles. The second-order valence-electron chi connectivity index (χ2n) is 6.51. The molecule has 0 unspecified atom stereocenters. The van der Waals surface area contributed by atoms with E-state index in [0.29, 0.717) is 12.0 Å². The van der Waals surface area contributed by atoms with Crippen molar-refractivity contribution in [1.82, 2.24) is 9.80 Å². The third-order valence-electron chi connectivity index (χ3n) is 3.69. The molecule has 18 heavy (non-hydrogen) atoms. The smallest absolute Gasteiger partial charge is 0.410 e. The first-order chi connectivity index (χ1) is 8.20. The van der Waals surface area contributed by atoms with Crippen LogP contribution < -0.4 is 0 Å². The summed E-state index contributed by atoms with van der Waals surface area (Å²) in [7, 11) is 4.23.